The number of nitrogens with one attached hydrogen (secondary N) is 2. The van der Waals surface area contributed by atoms with Crippen LogP contribution in [0.15, 0.2) is 18.2 Å². The van der Waals surface area contributed by atoms with E-state index in [4.69, 9.17) is 0 Å². The molecule has 33 heavy (non-hydrogen) atoms. The molecule has 2 unspecified atom stereocenters. The zero-order chi connectivity index (χ0) is 24.1. The summed E-state index contributed by atoms with van der Waals surface area (Å²) in [5.41, 5.74) is 2.72. The average Bonchev–Trinajstić information content (AvgIpc) is 3.41. The third-order valence-electron chi connectivity index (χ3n) is 7.53. The second kappa shape index (κ2) is 8.95. The molecule has 1 spiro atoms. The summed E-state index contributed by atoms with van der Waals surface area (Å²) in [6.45, 7) is 7.80. The number of anilines is 1. The Kier molecular flexibility index (Phi) is 6.53. The highest BCUT2D eigenvalue weighted by Crippen LogP contribution is 2.66. The number of rotatable bonds is 7. The summed E-state index contributed by atoms with van der Waals surface area (Å²) in [4.78, 5) is 42.3. The van der Waals surface area contributed by atoms with Crippen molar-refractivity contribution < 1.29 is 19.5 Å². The number of hydrogen-bond acceptors (Lipinski definition) is 5. The smallest absolute Gasteiger partial charge is 0.248 e. The van der Waals surface area contributed by atoms with Crippen LogP contribution in [-0.2, 0) is 14.4 Å². The number of carbonyl (C=O) groups is 3. The van der Waals surface area contributed by atoms with Gasteiger partial charge in [-0.05, 0) is 56.2 Å². The molecule has 3 N–H and O–H groups in total. The lowest BCUT2D eigenvalue weighted by atomic mass is 9.70. The average molecular weight is 474 g/mol. The first-order valence-corrected chi connectivity index (χ1v) is 12.7. The normalized spacial score (nSPS) is 31.1. The van der Waals surface area contributed by atoms with E-state index in [9.17, 15) is 19.5 Å². The van der Waals surface area contributed by atoms with Crippen molar-refractivity contribution >= 4 is 35.2 Å². The molecule has 3 aliphatic heterocycles. The number of aryl methyl sites for hydroxylation is 2. The first-order valence-electron chi connectivity index (χ1n) is 11.8. The van der Waals surface area contributed by atoms with E-state index >= 15 is 0 Å². The third kappa shape index (κ3) is 3.85. The highest BCUT2D eigenvalue weighted by molar-refractivity contribution is 8.02. The van der Waals surface area contributed by atoms with E-state index < -0.39 is 28.7 Å². The molecule has 1 aromatic carbocycles. The van der Waals surface area contributed by atoms with Gasteiger partial charge in [-0.1, -0.05) is 26.0 Å². The summed E-state index contributed by atoms with van der Waals surface area (Å²) in [5, 5.41) is 16.1. The molecule has 3 aliphatic rings. The Morgan fingerprint density at radius 1 is 1.27 bits per heavy atom. The van der Waals surface area contributed by atoms with Gasteiger partial charge in [0.25, 0.3) is 0 Å². The van der Waals surface area contributed by atoms with E-state index in [2.05, 4.69) is 10.6 Å². The second-order valence-corrected chi connectivity index (χ2v) is 11.8. The number of nitrogens with zero attached hydrogens (tertiary/aromatic N) is 1. The van der Waals surface area contributed by atoms with Gasteiger partial charge in [0, 0.05) is 18.0 Å². The Bertz CT molecular complexity index is 967. The van der Waals surface area contributed by atoms with Crippen molar-refractivity contribution in [3.8, 4) is 0 Å². The fourth-order valence-corrected chi connectivity index (χ4v) is 8.35. The molecule has 3 fully saturated rings. The fourth-order valence-electron chi connectivity index (χ4n) is 6.14. The summed E-state index contributed by atoms with van der Waals surface area (Å²) in [6.07, 6.45) is 2.12. The third-order valence-corrected chi connectivity index (χ3v) is 9.49. The molecule has 3 heterocycles. The Hall–Kier alpha value is -2.06. The number of hydrogen-bond donors (Lipinski definition) is 3. The molecule has 6 atom stereocenters. The van der Waals surface area contributed by atoms with Crippen LogP contribution in [0.3, 0.4) is 0 Å². The number of likely N-dealkylation sites (tertiary alicyclic amines) is 1. The maximum Gasteiger partial charge on any atom is 0.248 e. The maximum atomic E-state index is 13.9. The van der Waals surface area contributed by atoms with Gasteiger partial charge >= 0.3 is 0 Å². The van der Waals surface area contributed by atoms with Crippen molar-refractivity contribution in [1.82, 2.24) is 10.2 Å². The summed E-state index contributed by atoms with van der Waals surface area (Å²) < 4.78 is -0.648. The number of carbonyl (C=O) groups excluding carboxylic acids is 3. The summed E-state index contributed by atoms with van der Waals surface area (Å²) >= 11 is 1.64. The van der Waals surface area contributed by atoms with Crippen LogP contribution in [0, 0.1) is 31.6 Å². The van der Waals surface area contributed by atoms with E-state index in [0.717, 1.165) is 23.2 Å². The Morgan fingerprint density at radius 2 is 2.00 bits per heavy atom. The number of benzene rings is 1. The lowest BCUT2D eigenvalue weighted by Crippen LogP contribution is -2.55. The monoisotopic (exact) mass is 473 g/mol. The van der Waals surface area contributed by atoms with E-state index in [0.29, 0.717) is 12.8 Å². The Balaban J connectivity index is 1.77. The Labute approximate surface area is 200 Å². The summed E-state index contributed by atoms with van der Waals surface area (Å²) in [7, 11) is 1.60. The van der Waals surface area contributed by atoms with Gasteiger partial charge in [0.1, 0.15) is 6.04 Å². The fraction of sp³-hybridized carbons (Fsp3) is 0.640. The SMILES string of the molecule is CNC(=O)[C@@H]1[C@@H]2CCC3(S2)C(C(=O)Nc2cc(C)ccc2C)N([C@@H](CO)CC(C)C)C(=O)[C@H]13. The standard InChI is InChI=1S/C25H35N3O4S/c1-13(2)10-16(12-29)28-21(23(31)27-17-11-14(3)6-7-15(17)4)25-9-8-18(33-25)19(22(30)26-5)20(25)24(28)32/h6-7,11,13,16,18-21,29H,8-10,12H2,1-5H3,(H,26,30)(H,27,31)/t16-,18+,19-,20+,21?,25?/m1/s1. The molecule has 8 heteroatoms. The lowest BCUT2D eigenvalue weighted by Gasteiger charge is -2.37. The molecule has 0 saturated carbocycles. The lowest BCUT2D eigenvalue weighted by molar-refractivity contribution is -0.142. The van der Waals surface area contributed by atoms with Crippen LogP contribution in [0.25, 0.3) is 0 Å². The topological polar surface area (TPSA) is 98.7 Å². The number of thioether (sulfide) groups is 1. The van der Waals surface area contributed by atoms with Gasteiger partial charge in [0.05, 0.1) is 29.2 Å². The van der Waals surface area contributed by atoms with Crippen LogP contribution in [-0.4, -0.2) is 63.5 Å². The molecule has 7 nitrogen and oxygen atoms in total. The molecule has 4 rings (SSSR count). The molecular formula is C25H35N3O4S. The molecule has 1 aromatic rings. The van der Waals surface area contributed by atoms with Gasteiger partial charge < -0.3 is 20.6 Å². The van der Waals surface area contributed by atoms with Gasteiger partial charge in [0.15, 0.2) is 0 Å². The highest BCUT2D eigenvalue weighted by atomic mass is 32.2. The maximum absolute atomic E-state index is 13.9. The number of aliphatic hydroxyl groups is 1. The number of aliphatic hydroxyl groups excluding tert-OH is 1. The van der Waals surface area contributed by atoms with Gasteiger partial charge in [-0.2, -0.15) is 0 Å². The van der Waals surface area contributed by atoms with Crippen molar-refractivity contribution in [2.24, 2.45) is 17.8 Å². The quantitative estimate of drug-likeness (QED) is 0.565. The van der Waals surface area contributed by atoms with Crippen LogP contribution in [0.1, 0.15) is 44.2 Å². The molecule has 0 aromatic heterocycles. The van der Waals surface area contributed by atoms with E-state index in [1.54, 1.807) is 23.7 Å². The van der Waals surface area contributed by atoms with Crippen LogP contribution in [0.4, 0.5) is 5.69 Å². The van der Waals surface area contributed by atoms with Crippen molar-refractivity contribution in [2.75, 3.05) is 19.0 Å². The van der Waals surface area contributed by atoms with Crippen LogP contribution in [0.5, 0.6) is 0 Å². The van der Waals surface area contributed by atoms with Crippen molar-refractivity contribution in [3.05, 3.63) is 29.3 Å². The second-order valence-electron chi connectivity index (χ2n) is 10.2. The van der Waals surface area contributed by atoms with Crippen molar-refractivity contribution in [1.29, 1.82) is 0 Å². The first kappa shape index (κ1) is 24.1. The number of amides is 3. The van der Waals surface area contributed by atoms with E-state index in [1.807, 2.05) is 45.9 Å². The van der Waals surface area contributed by atoms with Gasteiger partial charge in [-0.3, -0.25) is 14.4 Å². The molecule has 3 amide bonds. The van der Waals surface area contributed by atoms with Crippen LogP contribution >= 0.6 is 11.8 Å². The minimum atomic E-state index is -0.726. The zero-order valence-corrected chi connectivity index (χ0v) is 20.9. The van der Waals surface area contributed by atoms with Gasteiger partial charge in [-0.25, -0.2) is 0 Å². The van der Waals surface area contributed by atoms with Gasteiger partial charge in [-0.15, -0.1) is 11.8 Å². The predicted molar refractivity (Wildman–Crippen MR) is 130 cm³/mol. The largest absolute Gasteiger partial charge is 0.394 e. The van der Waals surface area contributed by atoms with Crippen molar-refractivity contribution in [2.45, 2.75) is 69.0 Å². The van der Waals surface area contributed by atoms with Crippen LogP contribution in [0.2, 0.25) is 0 Å². The minimum Gasteiger partial charge on any atom is -0.394 e. The van der Waals surface area contributed by atoms with Gasteiger partial charge in [0.2, 0.25) is 17.7 Å². The van der Waals surface area contributed by atoms with Crippen LogP contribution < -0.4 is 10.6 Å². The van der Waals surface area contributed by atoms with Crippen molar-refractivity contribution in [3.63, 3.8) is 0 Å². The minimum absolute atomic E-state index is 0.0368. The van der Waals surface area contributed by atoms with E-state index in [1.165, 1.54) is 0 Å². The molecular weight excluding hydrogens is 438 g/mol. The Morgan fingerprint density at radius 3 is 2.64 bits per heavy atom. The van der Waals surface area contributed by atoms with E-state index in [-0.39, 0.29) is 35.5 Å². The highest BCUT2D eigenvalue weighted by Gasteiger charge is 2.74. The molecule has 3 saturated heterocycles. The zero-order valence-electron chi connectivity index (χ0n) is 20.1. The molecule has 180 valence electrons. The summed E-state index contributed by atoms with van der Waals surface area (Å²) in [6, 6.07) is 4.72. The predicted octanol–water partition coefficient (Wildman–Crippen LogP) is 2.49. The molecule has 2 bridgehead atoms. The molecule has 0 aliphatic carbocycles. The summed E-state index contributed by atoms with van der Waals surface area (Å²) in [5.74, 6) is -1.27. The number of fused-ring (bicyclic) bond motifs is 1. The first-order chi connectivity index (χ1) is 15.6. The molecule has 0 radical (unpaired) electrons.